The highest BCUT2D eigenvalue weighted by atomic mass is 79.9. The van der Waals surface area contributed by atoms with Crippen LogP contribution < -0.4 is 14.8 Å². The first kappa shape index (κ1) is 19.5. The van der Waals surface area contributed by atoms with Crippen molar-refractivity contribution in [2.24, 2.45) is 5.10 Å². The molecule has 1 unspecified atom stereocenters. The molecule has 0 aliphatic carbocycles. The highest BCUT2D eigenvalue weighted by Crippen LogP contribution is 2.50. The number of hydrogen-bond acceptors (Lipinski definition) is 5. The van der Waals surface area contributed by atoms with Crippen LogP contribution in [-0.4, -0.2) is 49.6 Å². The maximum absolute atomic E-state index is 13.8. The molecule has 1 amide bonds. The summed E-state index contributed by atoms with van der Waals surface area (Å²) in [4.78, 5) is 13.8. The van der Waals surface area contributed by atoms with Gasteiger partial charge in [-0.05, 0) is 59.4 Å². The lowest BCUT2D eigenvalue weighted by molar-refractivity contribution is -0.758. The van der Waals surface area contributed by atoms with Crippen LogP contribution in [0.1, 0.15) is 28.8 Å². The molecule has 1 fully saturated rings. The standard InChI is InChI=1S/C23H23BrN3O3/c1-27(22(28)15-7-8-18(24)20(13-15)29-2)21-16-5-3-4-6-19(16)30-23(17(21)14-26-27)9-11-25-12-10-23/h3-8,13-14,25H,9-12H2,1-2H3/q+1. The lowest BCUT2D eigenvalue weighted by atomic mass is 9.80. The molecule has 3 aliphatic rings. The van der Waals surface area contributed by atoms with Crippen molar-refractivity contribution in [1.29, 1.82) is 0 Å². The normalized spacial score (nSPS) is 23.7. The quantitative estimate of drug-likeness (QED) is 0.677. The van der Waals surface area contributed by atoms with E-state index >= 15 is 0 Å². The molecule has 2 aromatic carbocycles. The van der Waals surface area contributed by atoms with Gasteiger partial charge in [-0.25, -0.2) is 4.79 Å². The molecule has 2 aromatic rings. The molecule has 1 spiro atoms. The van der Waals surface area contributed by atoms with E-state index in [9.17, 15) is 4.79 Å². The Hall–Kier alpha value is -2.48. The van der Waals surface area contributed by atoms with Gasteiger partial charge in [-0.15, -0.1) is 4.59 Å². The van der Waals surface area contributed by atoms with Crippen molar-refractivity contribution in [2.75, 3.05) is 27.2 Å². The first-order valence-corrected chi connectivity index (χ1v) is 10.8. The number of benzene rings is 2. The summed E-state index contributed by atoms with van der Waals surface area (Å²) in [7, 11) is 3.45. The number of halogens is 1. The van der Waals surface area contributed by atoms with Crippen LogP contribution in [0.15, 0.2) is 57.6 Å². The Bertz CT molecular complexity index is 1100. The monoisotopic (exact) mass is 468 g/mol. The van der Waals surface area contributed by atoms with Gasteiger partial charge in [-0.2, -0.15) is 0 Å². The maximum Gasteiger partial charge on any atom is 0.377 e. The lowest BCUT2D eigenvalue weighted by Crippen LogP contribution is -2.51. The van der Waals surface area contributed by atoms with E-state index in [-0.39, 0.29) is 10.5 Å². The van der Waals surface area contributed by atoms with Crippen LogP contribution in [0.4, 0.5) is 0 Å². The maximum atomic E-state index is 13.8. The van der Waals surface area contributed by atoms with Crippen molar-refractivity contribution in [2.45, 2.75) is 18.4 Å². The number of carbonyl (C=O) groups excluding carboxylic acids is 1. The molecular formula is C23H23BrN3O3+. The number of carbonyl (C=O) groups is 1. The van der Waals surface area contributed by atoms with E-state index in [4.69, 9.17) is 14.6 Å². The first-order chi connectivity index (χ1) is 14.5. The van der Waals surface area contributed by atoms with Crippen LogP contribution in [0.5, 0.6) is 11.5 Å². The molecule has 0 saturated carbocycles. The SMILES string of the molecule is COc1cc(C(=O)[N+]2(C)N=CC3=C2c2ccccc2OC32CCNCC2)ccc1Br. The van der Waals surface area contributed by atoms with Gasteiger partial charge in [0, 0.05) is 12.8 Å². The smallest absolute Gasteiger partial charge is 0.377 e. The fourth-order valence-electron chi connectivity index (χ4n) is 4.66. The van der Waals surface area contributed by atoms with Crippen LogP contribution in [0.25, 0.3) is 5.70 Å². The number of amides is 1. The summed E-state index contributed by atoms with van der Waals surface area (Å²) in [5.41, 5.74) is 2.95. The zero-order valence-electron chi connectivity index (χ0n) is 16.9. The van der Waals surface area contributed by atoms with E-state index in [2.05, 4.69) is 21.2 Å². The van der Waals surface area contributed by atoms with Gasteiger partial charge >= 0.3 is 5.91 Å². The molecule has 6 nitrogen and oxygen atoms in total. The second-order valence-electron chi connectivity index (χ2n) is 7.96. The molecule has 3 heterocycles. The third-order valence-electron chi connectivity index (χ3n) is 6.25. The average molecular weight is 469 g/mol. The van der Waals surface area contributed by atoms with Gasteiger partial charge in [-0.1, -0.05) is 17.2 Å². The molecule has 0 radical (unpaired) electrons. The van der Waals surface area contributed by atoms with Crippen molar-refractivity contribution < 1.29 is 18.9 Å². The second kappa shape index (κ2) is 7.04. The number of piperidine rings is 1. The van der Waals surface area contributed by atoms with Gasteiger partial charge in [0.15, 0.2) is 5.70 Å². The van der Waals surface area contributed by atoms with Crippen molar-refractivity contribution in [3.05, 3.63) is 63.6 Å². The van der Waals surface area contributed by atoms with E-state index in [0.29, 0.717) is 11.3 Å². The number of hydrogen-bond donors (Lipinski definition) is 1. The molecule has 0 aromatic heterocycles. The molecule has 7 heteroatoms. The second-order valence-corrected chi connectivity index (χ2v) is 8.82. The molecule has 1 atom stereocenters. The Morgan fingerprint density at radius 1 is 1.23 bits per heavy atom. The van der Waals surface area contributed by atoms with Gasteiger partial charge in [-0.3, -0.25) is 0 Å². The van der Waals surface area contributed by atoms with E-state index in [1.807, 2.05) is 43.6 Å². The fourth-order valence-corrected chi connectivity index (χ4v) is 5.07. The van der Waals surface area contributed by atoms with Gasteiger partial charge in [0.1, 0.15) is 24.1 Å². The zero-order valence-corrected chi connectivity index (χ0v) is 18.5. The Labute approximate surface area is 183 Å². The van der Waals surface area contributed by atoms with Gasteiger partial charge in [0.05, 0.1) is 34.5 Å². The van der Waals surface area contributed by atoms with Gasteiger partial charge < -0.3 is 14.8 Å². The number of nitrogens with zero attached hydrogens (tertiary/aromatic N) is 2. The molecule has 154 valence electrons. The summed E-state index contributed by atoms with van der Waals surface area (Å²) < 4.78 is 12.6. The zero-order chi connectivity index (χ0) is 20.9. The summed E-state index contributed by atoms with van der Waals surface area (Å²) >= 11 is 3.46. The molecule has 5 rings (SSSR count). The highest BCUT2D eigenvalue weighted by Gasteiger charge is 2.55. The third kappa shape index (κ3) is 2.76. The molecule has 3 aliphatic heterocycles. The van der Waals surface area contributed by atoms with Crippen molar-refractivity contribution >= 4 is 33.7 Å². The van der Waals surface area contributed by atoms with Crippen LogP contribution in [-0.2, 0) is 0 Å². The number of ether oxygens (including phenoxy) is 2. The molecule has 1 N–H and O–H groups in total. The van der Waals surface area contributed by atoms with Crippen LogP contribution in [0.2, 0.25) is 0 Å². The minimum absolute atomic E-state index is 0.108. The summed E-state index contributed by atoms with van der Waals surface area (Å²) in [6, 6.07) is 13.3. The summed E-state index contributed by atoms with van der Waals surface area (Å²) in [6.07, 6.45) is 3.53. The lowest BCUT2D eigenvalue weighted by Gasteiger charge is -2.42. The number of quaternary nitrogens is 1. The predicted octanol–water partition coefficient (Wildman–Crippen LogP) is 3.97. The topological polar surface area (TPSA) is 59.9 Å². The molecule has 30 heavy (non-hydrogen) atoms. The number of rotatable bonds is 2. The van der Waals surface area contributed by atoms with E-state index < -0.39 is 5.60 Å². The van der Waals surface area contributed by atoms with Crippen LogP contribution in [0, 0.1) is 0 Å². The van der Waals surface area contributed by atoms with Crippen LogP contribution >= 0.6 is 15.9 Å². The van der Waals surface area contributed by atoms with Crippen molar-refractivity contribution in [3.63, 3.8) is 0 Å². The van der Waals surface area contributed by atoms with E-state index in [1.54, 1.807) is 19.2 Å². The Morgan fingerprint density at radius 2 is 2.00 bits per heavy atom. The number of methoxy groups -OCH3 is 1. The fraction of sp³-hybridized carbons (Fsp3) is 0.304. The Morgan fingerprint density at radius 3 is 2.77 bits per heavy atom. The third-order valence-corrected chi connectivity index (χ3v) is 6.91. The van der Waals surface area contributed by atoms with Gasteiger partial charge in [0.2, 0.25) is 0 Å². The Balaban J connectivity index is 1.67. The Kier molecular flexibility index (Phi) is 4.57. The van der Waals surface area contributed by atoms with Crippen molar-refractivity contribution in [1.82, 2.24) is 5.32 Å². The predicted molar refractivity (Wildman–Crippen MR) is 119 cm³/mol. The van der Waals surface area contributed by atoms with Gasteiger partial charge in [0.25, 0.3) is 0 Å². The highest BCUT2D eigenvalue weighted by molar-refractivity contribution is 9.10. The largest absolute Gasteiger partial charge is 0.496 e. The summed E-state index contributed by atoms with van der Waals surface area (Å²) in [6.45, 7) is 1.74. The number of para-hydroxylation sites is 1. The van der Waals surface area contributed by atoms with E-state index in [0.717, 1.165) is 53.0 Å². The van der Waals surface area contributed by atoms with Crippen molar-refractivity contribution in [3.8, 4) is 11.5 Å². The first-order valence-electron chi connectivity index (χ1n) is 10.0. The van der Waals surface area contributed by atoms with E-state index in [1.165, 1.54) is 0 Å². The molecule has 0 bridgehead atoms. The minimum atomic E-state index is -0.452. The van der Waals surface area contributed by atoms with Crippen LogP contribution in [0.3, 0.4) is 0 Å². The molecule has 1 saturated heterocycles. The number of nitrogens with one attached hydrogen (secondary N) is 1. The minimum Gasteiger partial charge on any atom is -0.496 e. The average Bonchev–Trinajstić information content (AvgIpc) is 3.14. The molecular weight excluding hydrogens is 446 g/mol. The summed E-state index contributed by atoms with van der Waals surface area (Å²) in [5, 5.41) is 8.16. The number of fused-ring (bicyclic) bond motifs is 3. The summed E-state index contributed by atoms with van der Waals surface area (Å²) in [5.74, 6) is 1.32.